The number of Topliss-reactive ketones (excluding diaryl/α,β-unsaturated/α-hetero) is 1. The lowest BCUT2D eigenvalue weighted by Gasteiger charge is -2.11. The second-order valence-corrected chi connectivity index (χ2v) is 5.87. The lowest BCUT2D eigenvalue weighted by atomic mass is 10.1. The fourth-order valence-corrected chi connectivity index (χ4v) is 2.38. The molecule has 2 aromatic carbocycles. The van der Waals surface area contributed by atoms with Crippen LogP contribution in [0.1, 0.15) is 23.7 Å². The van der Waals surface area contributed by atoms with Crippen molar-refractivity contribution in [2.75, 3.05) is 32.8 Å². The van der Waals surface area contributed by atoms with Crippen LogP contribution >= 0.6 is 0 Å². The van der Waals surface area contributed by atoms with Crippen molar-refractivity contribution in [3.8, 4) is 17.2 Å². The maximum atomic E-state index is 11.9. The quantitative estimate of drug-likeness (QED) is 0.483. The summed E-state index contributed by atoms with van der Waals surface area (Å²) in [6, 6.07) is 11.3. The van der Waals surface area contributed by atoms with E-state index in [0.717, 1.165) is 0 Å². The van der Waals surface area contributed by atoms with Gasteiger partial charge < -0.3 is 24.3 Å². The van der Waals surface area contributed by atoms with E-state index in [1.54, 1.807) is 49.4 Å². The van der Waals surface area contributed by atoms with E-state index in [1.165, 1.54) is 14.2 Å². The van der Waals surface area contributed by atoms with Gasteiger partial charge in [-0.1, -0.05) is 6.92 Å². The number of benzene rings is 2. The van der Waals surface area contributed by atoms with E-state index >= 15 is 0 Å². The van der Waals surface area contributed by atoms with E-state index in [2.05, 4.69) is 5.32 Å². The van der Waals surface area contributed by atoms with Gasteiger partial charge in [0.05, 0.1) is 14.2 Å². The fraction of sp³-hybridized carbons (Fsp3) is 0.286. The van der Waals surface area contributed by atoms with Crippen LogP contribution in [0.15, 0.2) is 42.5 Å². The van der Waals surface area contributed by atoms with Crippen molar-refractivity contribution in [2.24, 2.45) is 0 Å². The van der Waals surface area contributed by atoms with Crippen molar-refractivity contribution in [2.45, 2.75) is 13.3 Å². The van der Waals surface area contributed by atoms with Crippen molar-refractivity contribution in [1.29, 1.82) is 0 Å². The Labute approximate surface area is 168 Å². The van der Waals surface area contributed by atoms with Crippen molar-refractivity contribution < 1.29 is 33.3 Å². The molecular weight excluding hydrogens is 378 g/mol. The second-order valence-electron chi connectivity index (χ2n) is 5.87. The Morgan fingerprint density at radius 1 is 0.897 bits per heavy atom. The molecule has 0 radical (unpaired) electrons. The maximum Gasteiger partial charge on any atom is 0.344 e. The van der Waals surface area contributed by atoms with Crippen LogP contribution in [0.2, 0.25) is 0 Å². The first-order valence-electron chi connectivity index (χ1n) is 8.90. The van der Waals surface area contributed by atoms with Crippen LogP contribution in [0.3, 0.4) is 0 Å². The first-order valence-corrected chi connectivity index (χ1v) is 8.90. The Morgan fingerprint density at radius 2 is 1.59 bits per heavy atom. The summed E-state index contributed by atoms with van der Waals surface area (Å²) < 4.78 is 20.5. The van der Waals surface area contributed by atoms with Crippen LogP contribution < -0.4 is 19.5 Å². The van der Waals surface area contributed by atoms with E-state index in [0.29, 0.717) is 34.9 Å². The molecule has 1 N–H and O–H groups in total. The number of hydrogen-bond donors (Lipinski definition) is 1. The number of anilines is 1. The third-order valence-electron chi connectivity index (χ3n) is 3.89. The van der Waals surface area contributed by atoms with E-state index in [9.17, 15) is 14.4 Å². The fourth-order valence-electron chi connectivity index (χ4n) is 2.38. The minimum atomic E-state index is -0.693. The van der Waals surface area contributed by atoms with Gasteiger partial charge in [0.1, 0.15) is 5.75 Å². The molecule has 2 rings (SSSR count). The summed E-state index contributed by atoms with van der Waals surface area (Å²) in [5.74, 6) is 0.235. The molecule has 0 aliphatic carbocycles. The molecule has 0 aliphatic heterocycles. The Hall–Kier alpha value is -3.55. The van der Waals surface area contributed by atoms with Crippen molar-refractivity contribution in [1.82, 2.24) is 0 Å². The summed E-state index contributed by atoms with van der Waals surface area (Å²) in [6.07, 6.45) is 0.415. The van der Waals surface area contributed by atoms with Crippen molar-refractivity contribution >= 4 is 23.3 Å². The number of amides is 1. The number of nitrogens with one attached hydrogen (secondary N) is 1. The SMILES string of the molecule is CCC(=O)c1ccc(OCC(=O)OCC(=O)Nc2ccc(OC)c(OC)c2)cc1. The van der Waals surface area contributed by atoms with Crippen LogP contribution in [0.25, 0.3) is 0 Å². The largest absolute Gasteiger partial charge is 0.493 e. The van der Waals surface area contributed by atoms with Crippen LogP contribution in [-0.4, -0.2) is 45.1 Å². The summed E-state index contributed by atoms with van der Waals surface area (Å²) in [5.41, 5.74) is 1.05. The zero-order chi connectivity index (χ0) is 21.2. The molecule has 29 heavy (non-hydrogen) atoms. The molecule has 0 fully saturated rings. The summed E-state index contributed by atoms with van der Waals surface area (Å²) in [4.78, 5) is 35.3. The van der Waals surface area contributed by atoms with Gasteiger partial charge in [-0.2, -0.15) is 0 Å². The van der Waals surface area contributed by atoms with Crippen molar-refractivity contribution in [3.63, 3.8) is 0 Å². The lowest BCUT2D eigenvalue weighted by Crippen LogP contribution is -2.23. The first-order chi connectivity index (χ1) is 14.0. The Bertz CT molecular complexity index is 862. The number of ketones is 1. The molecule has 154 valence electrons. The highest BCUT2D eigenvalue weighted by Gasteiger charge is 2.11. The normalized spacial score (nSPS) is 10.0. The summed E-state index contributed by atoms with van der Waals surface area (Å²) in [5, 5.41) is 2.59. The van der Waals surface area contributed by atoms with Gasteiger partial charge in [0.25, 0.3) is 5.91 Å². The number of carbonyl (C=O) groups is 3. The predicted molar refractivity (Wildman–Crippen MR) is 106 cm³/mol. The average molecular weight is 401 g/mol. The van der Waals surface area contributed by atoms with E-state index in [1.807, 2.05) is 0 Å². The molecule has 0 bridgehead atoms. The maximum absolute atomic E-state index is 11.9. The number of carbonyl (C=O) groups excluding carboxylic acids is 3. The summed E-state index contributed by atoms with van der Waals surface area (Å²) in [7, 11) is 3.00. The zero-order valence-electron chi connectivity index (χ0n) is 16.5. The highest BCUT2D eigenvalue weighted by Crippen LogP contribution is 2.29. The Kier molecular flexibility index (Phi) is 8.02. The highest BCUT2D eigenvalue weighted by molar-refractivity contribution is 5.96. The van der Waals surface area contributed by atoms with Gasteiger partial charge in [-0.05, 0) is 36.4 Å². The van der Waals surface area contributed by atoms with Crippen LogP contribution in [0, 0.1) is 0 Å². The molecule has 0 unspecified atom stereocenters. The molecule has 0 atom stereocenters. The van der Waals surface area contributed by atoms with Gasteiger partial charge in [-0.15, -0.1) is 0 Å². The molecule has 0 saturated carbocycles. The van der Waals surface area contributed by atoms with Gasteiger partial charge >= 0.3 is 5.97 Å². The number of ether oxygens (including phenoxy) is 4. The number of methoxy groups -OCH3 is 2. The molecule has 0 aliphatic rings. The molecule has 2 aromatic rings. The number of hydrogen-bond acceptors (Lipinski definition) is 7. The van der Waals surface area contributed by atoms with Crippen LogP contribution in [0.4, 0.5) is 5.69 Å². The standard InChI is InChI=1S/C21H23NO7/c1-4-17(23)14-5-8-16(9-6-14)28-13-21(25)29-12-20(24)22-15-7-10-18(26-2)19(11-15)27-3/h5-11H,4,12-13H2,1-3H3,(H,22,24). The molecule has 8 heteroatoms. The molecule has 0 heterocycles. The number of rotatable bonds is 10. The summed E-state index contributed by atoms with van der Waals surface area (Å²) in [6.45, 7) is 0.967. The molecule has 0 spiro atoms. The molecule has 8 nitrogen and oxygen atoms in total. The van der Waals surface area contributed by atoms with Gasteiger partial charge in [0.15, 0.2) is 30.5 Å². The third kappa shape index (κ3) is 6.53. The number of esters is 1. The molecule has 0 saturated heterocycles. The van der Waals surface area contributed by atoms with Crippen LogP contribution in [0.5, 0.6) is 17.2 Å². The van der Waals surface area contributed by atoms with E-state index < -0.39 is 18.5 Å². The Balaban J connectivity index is 1.77. The minimum Gasteiger partial charge on any atom is -0.493 e. The monoisotopic (exact) mass is 401 g/mol. The topological polar surface area (TPSA) is 100 Å². The lowest BCUT2D eigenvalue weighted by molar-refractivity contribution is -0.149. The third-order valence-corrected chi connectivity index (χ3v) is 3.89. The van der Waals surface area contributed by atoms with Gasteiger partial charge in [0, 0.05) is 23.7 Å². The predicted octanol–water partition coefficient (Wildman–Crippen LogP) is 2.86. The van der Waals surface area contributed by atoms with Gasteiger partial charge in [-0.3, -0.25) is 9.59 Å². The van der Waals surface area contributed by atoms with Gasteiger partial charge in [0.2, 0.25) is 0 Å². The van der Waals surface area contributed by atoms with E-state index in [4.69, 9.17) is 18.9 Å². The van der Waals surface area contributed by atoms with Gasteiger partial charge in [-0.25, -0.2) is 4.79 Å². The molecular formula is C21H23NO7. The smallest absolute Gasteiger partial charge is 0.344 e. The van der Waals surface area contributed by atoms with Crippen molar-refractivity contribution in [3.05, 3.63) is 48.0 Å². The minimum absolute atomic E-state index is 0.0245. The highest BCUT2D eigenvalue weighted by atomic mass is 16.6. The van der Waals surface area contributed by atoms with Crippen LogP contribution in [-0.2, 0) is 14.3 Å². The summed E-state index contributed by atoms with van der Waals surface area (Å²) >= 11 is 0. The molecule has 0 aromatic heterocycles. The Morgan fingerprint density at radius 3 is 2.21 bits per heavy atom. The zero-order valence-corrected chi connectivity index (χ0v) is 16.5. The second kappa shape index (κ2) is 10.7. The molecule has 1 amide bonds. The van der Waals surface area contributed by atoms with E-state index in [-0.39, 0.29) is 12.4 Å². The average Bonchev–Trinajstić information content (AvgIpc) is 2.75. The first kappa shape index (κ1) is 21.7.